The largest absolute Gasteiger partial charge is 0.336 e. The molecule has 7 heteroatoms. The summed E-state index contributed by atoms with van der Waals surface area (Å²) in [5, 5.41) is 9.04. The van der Waals surface area contributed by atoms with Gasteiger partial charge in [0.15, 0.2) is 0 Å². The van der Waals surface area contributed by atoms with Gasteiger partial charge in [0.25, 0.3) is 0 Å². The Bertz CT molecular complexity index is 3170. The molecule has 1 unspecified atom stereocenters. The van der Waals surface area contributed by atoms with Crippen LogP contribution < -0.4 is 14.3 Å². The Morgan fingerprint density at radius 2 is 1.20 bits per heavy atom. The summed E-state index contributed by atoms with van der Waals surface area (Å²) in [7, 11) is 2.23. The molecule has 0 saturated heterocycles. The second kappa shape index (κ2) is 11.0. The highest BCUT2D eigenvalue weighted by molar-refractivity contribution is 6.03. The third-order valence-electron chi connectivity index (χ3n) is 13.2. The number of rotatable bonds is 1. The fourth-order valence-electron chi connectivity index (χ4n) is 10.7. The first-order valence-corrected chi connectivity index (χ1v) is 19.8. The van der Waals surface area contributed by atoms with Crippen LogP contribution in [0.5, 0.6) is 0 Å². The second-order valence-corrected chi connectivity index (χ2v) is 16.0. The molecular weight excluding hydrogens is 687 g/mol. The summed E-state index contributed by atoms with van der Waals surface area (Å²) in [6.07, 6.45) is 9.85. The standard InChI is InChI=1S/C49H39N7/c1-50-38-16-11-17-39(50)31-52-32-42(41-19-5-9-23-47(41)52)43(24-37-25-51(30-38)46-22-8-4-18-40(37)46)49-48-35(26-53-44-20-6-2-12-33(44)28-55(49)53)14-10-15-36(48)27-54-45-21-7-3-13-34(45)29-56(49)54/h2-25,28,32H,26-27,29-31H2,1H3/q+2/b43-24+. The van der Waals surface area contributed by atoms with Crippen molar-refractivity contribution in [1.82, 2.24) is 18.8 Å². The maximum atomic E-state index is 2.70. The van der Waals surface area contributed by atoms with Crippen molar-refractivity contribution in [2.24, 2.45) is 7.05 Å². The lowest BCUT2D eigenvalue weighted by Crippen LogP contribution is -2.75. The molecule has 0 spiro atoms. The molecule has 0 amide bonds. The van der Waals surface area contributed by atoms with Gasteiger partial charge in [0.2, 0.25) is 17.6 Å². The predicted molar refractivity (Wildman–Crippen MR) is 220 cm³/mol. The van der Waals surface area contributed by atoms with E-state index in [-0.39, 0.29) is 0 Å². The molecule has 13 rings (SSSR count). The second-order valence-electron chi connectivity index (χ2n) is 16.0. The Labute approximate surface area is 324 Å². The summed E-state index contributed by atoms with van der Waals surface area (Å²) in [6.45, 7) is 3.96. The summed E-state index contributed by atoms with van der Waals surface area (Å²) in [5.41, 5.74) is 16.0. The van der Waals surface area contributed by atoms with Gasteiger partial charge < -0.3 is 9.13 Å². The van der Waals surface area contributed by atoms with Gasteiger partial charge in [0.05, 0.1) is 35.3 Å². The number of anilines is 1. The van der Waals surface area contributed by atoms with Crippen LogP contribution >= 0.6 is 0 Å². The van der Waals surface area contributed by atoms with Crippen LogP contribution in [0.3, 0.4) is 0 Å². The number of hydrogen-bond acceptors (Lipinski definition) is 2. The van der Waals surface area contributed by atoms with E-state index >= 15 is 0 Å². The molecule has 0 saturated carbocycles. The van der Waals surface area contributed by atoms with Crippen LogP contribution in [-0.2, 0) is 45.4 Å². The smallest absolute Gasteiger partial charge is 0.317 e. The minimum absolute atomic E-state index is 0.749. The Morgan fingerprint density at radius 1 is 0.554 bits per heavy atom. The zero-order valence-electron chi connectivity index (χ0n) is 31.2. The molecule has 0 N–H and O–H groups in total. The highest BCUT2D eigenvalue weighted by atomic mass is 15.7. The van der Waals surface area contributed by atoms with Crippen molar-refractivity contribution in [3.8, 4) is 0 Å². The van der Waals surface area contributed by atoms with Gasteiger partial charge in [-0.3, -0.25) is 5.01 Å². The number of fused-ring (bicyclic) bond motifs is 20. The van der Waals surface area contributed by atoms with Crippen LogP contribution in [0.15, 0.2) is 152 Å². The average Bonchev–Trinajstić information content (AvgIpc) is 3.99. The number of nitrogens with zero attached hydrogens (tertiary/aromatic N) is 7. The molecule has 4 aliphatic rings. The normalized spacial score (nSPS) is 19.1. The lowest BCUT2D eigenvalue weighted by atomic mass is 9.77. The van der Waals surface area contributed by atoms with Gasteiger partial charge >= 0.3 is 5.66 Å². The van der Waals surface area contributed by atoms with Crippen LogP contribution in [0.1, 0.15) is 44.8 Å². The van der Waals surface area contributed by atoms with E-state index in [0.29, 0.717) is 0 Å². The van der Waals surface area contributed by atoms with E-state index in [2.05, 4.69) is 198 Å². The van der Waals surface area contributed by atoms with Crippen molar-refractivity contribution in [3.63, 3.8) is 0 Å². The average molecular weight is 726 g/mol. The Balaban J connectivity index is 1.23. The van der Waals surface area contributed by atoms with Gasteiger partial charge in [-0.05, 0) is 59.2 Å². The number of hydrazine groups is 1. The molecule has 5 aromatic carbocycles. The minimum Gasteiger partial charge on any atom is -0.336 e. The van der Waals surface area contributed by atoms with E-state index in [4.69, 9.17) is 0 Å². The highest BCUT2D eigenvalue weighted by Gasteiger charge is 2.64. The molecule has 4 aromatic heterocycles. The molecule has 7 nitrogen and oxygen atoms in total. The van der Waals surface area contributed by atoms with Crippen LogP contribution in [0, 0.1) is 0 Å². The van der Waals surface area contributed by atoms with Gasteiger partial charge in [0.1, 0.15) is 32.2 Å². The monoisotopic (exact) mass is 725 g/mol. The molecule has 268 valence electrons. The minimum atomic E-state index is -0.749. The summed E-state index contributed by atoms with van der Waals surface area (Å²) in [4.78, 5) is 0. The zero-order chi connectivity index (χ0) is 36.7. The van der Waals surface area contributed by atoms with E-state index in [1.807, 2.05) is 0 Å². The third-order valence-corrected chi connectivity index (χ3v) is 13.2. The lowest BCUT2D eigenvalue weighted by molar-refractivity contribution is -0.832. The number of benzene rings is 5. The van der Waals surface area contributed by atoms with Crippen molar-refractivity contribution in [2.75, 3.05) is 5.01 Å². The van der Waals surface area contributed by atoms with Crippen LogP contribution in [0.2, 0.25) is 0 Å². The maximum Gasteiger partial charge on any atom is 0.317 e. The van der Waals surface area contributed by atoms with Crippen molar-refractivity contribution >= 4 is 50.0 Å². The molecule has 0 aliphatic carbocycles. The predicted octanol–water partition coefficient (Wildman–Crippen LogP) is 8.13. The maximum absolute atomic E-state index is 2.70. The summed E-state index contributed by atoms with van der Waals surface area (Å²) >= 11 is 0. The molecule has 9 aromatic rings. The number of pyridine rings is 1. The van der Waals surface area contributed by atoms with Gasteiger partial charge in [-0.2, -0.15) is 4.57 Å². The van der Waals surface area contributed by atoms with E-state index in [0.717, 1.165) is 32.7 Å². The lowest BCUT2D eigenvalue weighted by Gasteiger charge is -2.49. The molecule has 6 bridgehead atoms. The van der Waals surface area contributed by atoms with E-state index in [1.165, 1.54) is 88.7 Å². The van der Waals surface area contributed by atoms with E-state index in [1.54, 1.807) is 0 Å². The summed E-state index contributed by atoms with van der Waals surface area (Å²) < 4.78 is 12.5. The van der Waals surface area contributed by atoms with Gasteiger partial charge in [-0.15, -0.1) is 9.69 Å². The Hall–Kier alpha value is -6.70. The highest BCUT2D eigenvalue weighted by Crippen LogP contribution is 2.54. The molecular formula is C49H39N7+2. The molecule has 8 heterocycles. The van der Waals surface area contributed by atoms with Crippen LogP contribution in [0.4, 0.5) is 5.69 Å². The fraction of sp³-hybridized carbons (Fsp3) is 0.143. The Morgan fingerprint density at radius 3 is 2.04 bits per heavy atom. The van der Waals surface area contributed by atoms with Gasteiger partial charge in [-0.1, -0.05) is 89.6 Å². The van der Waals surface area contributed by atoms with E-state index in [9.17, 15) is 0 Å². The number of aromatic nitrogens is 5. The number of para-hydroxylation sites is 4. The quantitative estimate of drug-likeness (QED) is 0.160. The third kappa shape index (κ3) is 3.90. The van der Waals surface area contributed by atoms with Gasteiger partial charge in [0, 0.05) is 57.5 Å². The van der Waals surface area contributed by atoms with Crippen LogP contribution in [0.25, 0.3) is 44.4 Å². The van der Waals surface area contributed by atoms with Crippen molar-refractivity contribution in [2.45, 2.75) is 38.4 Å². The number of hydrogen-bond donors (Lipinski definition) is 0. The SMILES string of the molecule is C[n+]1c2cccc1Cn1cc(c3ccccc31)/C(C13c4c(cccc4Cn4c5ccccc5c[n+]41)CN1c4ccccc4CN13)=C\c1cn(c3ccccc13)C2. The van der Waals surface area contributed by atoms with Gasteiger partial charge in [-0.25, -0.2) is 0 Å². The zero-order valence-corrected chi connectivity index (χ0v) is 31.2. The van der Waals surface area contributed by atoms with Crippen molar-refractivity contribution < 1.29 is 9.25 Å². The molecule has 56 heavy (non-hydrogen) atoms. The van der Waals surface area contributed by atoms with E-state index < -0.39 is 5.66 Å². The van der Waals surface area contributed by atoms with Crippen LogP contribution in [-0.4, -0.2) is 18.8 Å². The molecule has 1 atom stereocenters. The summed E-state index contributed by atoms with van der Waals surface area (Å²) in [6, 6.07) is 49.8. The van der Waals surface area contributed by atoms with Crippen molar-refractivity contribution in [1.29, 1.82) is 0 Å². The molecule has 0 radical (unpaired) electrons. The van der Waals surface area contributed by atoms with Crippen molar-refractivity contribution in [3.05, 3.63) is 197 Å². The molecule has 0 fully saturated rings. The summed E-state index contributed by atoms with van der Waals surface area (Å²) in [5.74, 6) is 0. The fourth-order valence-corrected chi connectivity index (χ4v) is 10.7. The topological polar surface area (TPSA) is 29.0 Å². The Kier molecular flexibility index (Phi) is 5.99. The molecule has 4 aliphatic heterocycles. The first-order chi connectivity index (χ1) is 27.6. The first-order valence-electron chi connectivity index (χ1n) is 19.8. The first kappa shape index (κ1) is 30.6.